The molecule has 1 saturated heterocycles. The van der Waals surface area contributed by atoms with E-state index >= 15 is 0 Å². The summed E-state index contributed by atoms with van der Waals surface area (Å²) < 4.78 is 12.0. The summed E-state index contributed by atoms with van der Waals surface area (Å²) in [5.74, 6) is 0. The van der Waals surface area contributed by atoms with Gasteiger partial charge in [-0.15, -0.1) is 0 Å². The van der Waals surface area contributed by atoms with Crippen molar-refractivity contribution in [3.8, 4) is 0 Å². The molecule has 24 heavy (non-hydrogen) atoms. The van der Waals surface area contributed by atoms with Gasteiger partial charge in [-0.05, 0) is 38.9 Å². The normalized spacial score (nSPS) is 25.5. The number of carbonyl (C=O) groups excluding carboxylic acids is 1. The van der Waals surface area contributed by atoms with Crippen LogP contribution in [0.1, 0.15) is 55.4 Å². The maximum atomic E-state index is 12.4. The number of hydrogen-bond acceptors (Lipinski definition) is 4. The largest absolute Gasteiger partial charge is 0.444 e. The number of likely N-dealkylation sites (tertiary alicyclic amines) is 1. The summed E-state index contributed by atoms with van der Waals surface area (Å²) >= 11 is 0. The molecule has 0 aliphatic carbocycles. The van der Waals surface area contributed by atoms with Crippen molar-refractivity contribution in [1.29, 1.82) is 0 Å². The Balaban J connectivity index is 2.98. The third-order valence-electron chi connectivity index (χ3n) is 5.36. The lowest BCUT2D eigenvalue weighted by molar-refractivity contribution is -0.102. The number of carbonyl (C=O) groups is 1. The van der Waals surface area contributed by atoms with Gasteiger partial charge in [-0.3, -0.25) is 0 Å². The fourth-order valence-corrected chi connectivity index (χ4v) is 3.81. The Bertz CT molecular complexity index is 463. The first-order valence-corrected chi connectivity index (χ1v) is 11.7. The molecule has 1 aliphatic heterocycles. The minimum Gasteiger partial charge on any atom is -0.444 e. The number of aliphatic hydroxyl groups excluding tert-OH is 1. The summed E-state index contributed by atoms with van der Waals surface area (Å²) in [6.07, 6.45) is -1.25. The predicted octanol–water partition coefficient (Wildman–Crippen LogP) is 4.01. The number of amides is 1. The second-order valence-corrected chi connectivity index (χ2v) is 14.8. The first kappa shape index (κ1) is 21.4. The van der Waals surface area contributed by atoms with Gasteiger partial charge < -0.3 is 19.2 Å². The fourth-order valence-electron chi connectivity index (χ4n) is 2.37. The molecule has 0 radical (unpaired) electrons. The van der Waals surface area contributed by atoms with Gasteiger partial charge in [0.05, 0.1) is 18.8 Å². The van der Waals surface area contributed by atoms with E-state index in [1.807, 2.05) is 34.6 Å². The fraction of sp³-hybridized carbons (Fsp3) is 0.944. The quantitative estimate of drug-likeness (QED) is 0.757. The molecule has 0 aromatic rings. The van der Waals surface area contributed by atoms with Crippen LogP contribution in [-0.4, -0.2) is 55.3 Å². The van der Waals surface area contributed by atoms with Gasteiger partial charge in [-0.1, -0.05) is 34.6 Å². The van der Waals surface area contributed by atoms with E-state index in [0.717, 1.165) is 0 Å². The first-order chi connectivity index (χ1) is 10.5. The van der Waals surface area contributed by atoms with Crippen LogP contribution < -0.4 is 0 Å². The van der Waals surface area contributed by atoms with Crippen molar-refractivity contribution in [1.82, 2.24) is 4.90 Å². The lowest BCUT2D eigenvalue weighted by atomic mass is 9.77. The molecular formula is C18H37NO4Si. The number of hydrogen-bond donors (Lipinski definition) is 1. The molecule has 1 heterocycles. The molecule has 142 valence electrons. The highest BCUT2D eigenvalue weighted by Gasteiger charge is 2.49. The average molecular weight is 360 g/mol. The standard InChI is InChI=1S/C18H37NO4Si/c1-16(2,3)22-15(21)19-11-13(20)18(7,8)14(12-19)23-24(9,10)17(4,5)6/h13-14,20H,11-12H2,1-10H3. The van der Waals surface area contributed by atoms with Crippen molar-refractivity contribution in [3.05, 3.63) is 0 Å². The third kappa shape index (κ3) is 4.96. The van der Waals surface area contributed by atoms with Crippen LogP contribution in [-0.2, 0) is 9.16 Å². The maximum Gasteiger partial charge on any atom is 0.410 e. The Morgan fingerprint density at radius 3 is 2.04 bits per heavy atom. The highest BCUT2D eigenvalue weighted by molar-refractivity contribution is 6.74. The van der Waals surface area contributed by atoms with Gasteiger partial charge in [-0.2, -0.15) is 0 Å². The minimum atomic E-state index is -2.01. The van der Waals surface area contributed by atoms with Crippen molar-refractivity contribution in [2.45, 2.75) is 91.3 Å². The molecule has 1 fully saturated rings. The number of ether oxygens (including phenoxy) is 1. The summed E-state index contributed by atoms with van der Waals surface area (Å²) in [5, 5.41) is 10.7. The Labute approximate surface area is 148 Å². The SMILES string of the molecule is CC(C)(C)OC(=O)N1CC(O)C(C)(C)C(O[Si](C)(C)C(C)(C)C)C1. The van der Waals surface area contributed by atoms with Crippen molar-refractivity contribution in [2.24, 2.45) is 5.41 Å². The van der Waals surface area contributed by atoms with E-state index in [1.165, 1.54) is 0 Å². The van der Waals surface area contributed by atoms with Gasteiger partial charge in [0.1, 0.15) is 5.60 Å². The molecular weight excluding hydrogens is 322 g/mol. The molecule has 6 heteroatoms. The van der Waals surface area contributed by atoms with E-state index in [2.05, 4.69) is 33.9 Å². The number of piperidine rings is 1. The zero-order chi connectivity index (χ0) is 19.1. The van der Waals surface area contributed by atoms with E-state index in [1.54, 1.807) is 4.90 Å². The van der Waals surface area contributed by atoms with Crippen LogP contribution in [0.15, 0.2) is 0 Å². The average Bonchev–Trinajstić information content (AvgIpc) is 2.31. The van der Waals surface area contributed by atoms with E-state index in [4.69, 9.17) is 9.16 Å². The van der Waals surface area contributed by atoms with Crippen LogP contribution >= 0.6 is 0 Å². The third-order valence-corrected chi connectivity index (χ3v) is 9.85. The van der Waals surface area contributed by atoms with Gasteiger partial charge in [-0.25, -0.2) is 4.79 Å². The van der Waals surface area contributed by atoms with Crippen LogP contribution in [0.5, 0.6) is 0 Å². The molecule has 2 atom stereocenters. The Hall–Kier alpha value is -0.593. The lowest BCUT2D eigenvalue weighted by Gasteiger charge is -2.50. The smallest absolute Gasteiger partial charge is 0.410 e. The highest BCUT2D eigenvalue weighted by Crippen LogP contribution is 2.42. The topological polar surface area (TPSA) is 59.0 Å². The summed E-state index contributed by atoms with van der Waals surface area (Å²) in [7, 11) is -2.01. The monoisotopic (exact) mass is 359 g/mol. The molecule has 0 aromatic carbocycles. The maximum absolute atomic E-state index is 12.4. The van der Waals surface area contributed by atoms with Crippen molar-refractivity contribution < 1.29 is 19.1 Å². The first-order valence-electron chi connectivity index (χ1n) is 8.81. The predicted molar refractivity (Wildman–Crippen MR) is 99.7 cm³/mol. The molecule has 1 amide bonds. The Morgan fingerprint density at radius 1 is 1.12 bits per heavy atom. The van der Waals surface area contributed by atoms with E-state index in [-0.39, 0.29) is 23.8 Å². The van der Waals surface area contributed by atoms with Crippen molar-refractivity contribution in [3.63, 3.8) is 0 Å². The summed E-state index contributed by atoms with van der Waals surface area (Å²) in [6, 6.07) is 0. The van der Waals surface area contributed by atoms with Crippen molar-refractivity contribution in [2.75, 3.05) is 13.1 Å². The number of β-amino-alcohol motifs (C(OH)–C–C–N with tert-alkyl or cyclic N) is 1. The molecule has 1 rings (SSSR count). The van der Waals surface area contributed by atoms with Gasteiger partial charge in [0.2, 0.25) is 0 Å². The van der Waals surface area contributed by atoms with Gasteiger partial charge in [0, 0.05) is 12.0 Å². The van der Waals surface area contributed by atoms with Gasteiger partial charge in [0.15, 0.2) is 8.32 Å². The Kier molecular flexibility index (Phi) is 5.91. The molecule has 2 unspecified atom stereocenters. The second-order valence-electron chi connectivity index (χ2n) is 10.1. The molecule has 1 N–H and O–H groups in total. The molecule has 0 aromatic heterocycles. The Morgan fingerprint density at radius 2 is 1.62 bits per heavy atom. The molecule has 5 nitrogen and oxygen atoms in total. The van der Waals surface area contributed by atoms with E-state index < -0.39 is 25.4 Å². The highest BCUT2D eigenvalue weighted by atomic mass is 28.4. The van der Waals surface area contributed by atoms with E-state index in [9.17, 15) is 9.90 Å². The zero-order valence-corrected chi connectivity index (χ0v) is 18.2. The lowest BCUT2D eigenvalue weighted by Crippen LogP contribution is -2.62. The summed E-state index contributed by atoms with van der Waals surface area (Å²) in [6.45, 7) is 21.3. The van der Waals surface area contributed by atoms with E-state index in [0.29, 0.717) is 6.54 Å². The summed E-state index contributed by atoms with van der Waals surface area (Å²) in [4.78, 5) is 14.0. The van der Waals surface area contributed by atoms with Crippen LogP contribution in [0.2, 0.25) is 18.1 Å². The molecule has 1 aliphatic rings. The van der Waals surface area contributed by atoms with Crippen LogP contribution in [0.25, 0.3) is 0 Å². The zero-order valence-electron chi connectivity index (χ0n) is 17.2. The van der Waals surface area contributed by atoms with Crippen LogP contribution in [0.3, 0.4) is 0 Å². The van der Waals surface area contributed by atoms with Gasteiger partial charge >= 0.3 is 6.09 Å². The van der Waals surface area contributed by atoms with Crippen LogP contribution in [0, 0.1) is 5.41 Å². The van der Waals surface area contributed by atoms with Crippen LogP contribution in [0.4, 0.5) is 4.79 Å². The number of aliphatic hydroxyl groups is 1. The number of nitrogens with zero attached hydrogens (tertiary/aromatic N) is 1. The second kappa shape index (κ2) is 6.61. The van der Waals surface area contributed by atoms with Gasteiger partial charge in [0.25, 0.3) is 0 Å². The molecule has 0 bridgehead atoms. The molecule has 0 saturated carbocycles. The van der Waals surface area contributed by atoms with Crippen molar-refractivity contribution >= 4 is 14.4 Å². The number of rotatable bonds is 2. The molecule has 0 spiro atoms. The minimum absolute atomic E-state index is 0.0717. The summed E-state index contributed by atoms with van der Waals surface area (Å²) in [5.41, 5.74) is -0.960.